The maximum atomic E-state index is 13.7. The maximum Gasteiger partial charge on any atom is 0.227 e. The van der Waals surface area contributed by atoms with Gasteiger partial charge in [0.2, 0.25) is 11.8 Å². The minimum absolute atomic E-state index is 0.00275. The van der Waals surface area contributed by atoms with E-state index in [1.54, 1.807) is 4.90 Å². The number of carbonyl (C=O) groups is 3. The topological polar surface area (TPSA) is 136 Å². The molecule has 11 nitrogen and oxygen atoms in total. The van der Waals surface area contributed by atoms with Crippen LogP contribution in [0.25, 0.3) is 22.5 Å². The van der Waals surface area contributed by atoms with Gasteiger partial charge in [0.15, 0.2) is 6.23 Å². The Bertz CT molecular complexity index is 1450. The fraction of sp³-hybridized carbons (Fsp3) is 0.500. The van der Waals surface area contributed by atoms with Gasteiger partial charge in [-0.15, -0.1) is 5.10 Å². The maximum absolute atomic E-state index is 13.7. The van der Waals surface area contributed by atoms with Gasteiger partial charge in [0.1, 0.15) is 17.2 Å². The lowest BCUT2D eigenvalue weighted by Gasteiger charge is -2.29. The zero-order valence-electron chi connectivity index (χ0n) is 26.7. The molecule has 0 saturated heterocycles. The zero-order valence-corrected chi connectivity index (χ0v) is 26.7. The van der Waals surface area contributed by atoms with E-state index in [9.17, 15) is 19.5 Å². The monoisotopic (exact) mass is 619 g/mol. The van der Waals surface area contributed by atoms with Crippen molar-refractivity contribution in [3.05, 3.63) is 54.1 Å². The molecular weight excluding hydrogens is 574 g/mol. The van der Waals surface area contributed by atoms with Crippen molar-refractivity contribution in [1.29, 1.82) is 0 Å². The number of hydrogen-bond donors (Lipinski definition) is 2. The highest BCUT2D eigenvalue weighted by Gasteiger charge is 2.30. The summed E-state index contributed by atoms with van der Waals surface area (Å²) in [5.41, 5.74) is 4.18. The highest BCUT2D eigenvalue weighted by molar-refractivity contribution is 6.01. The van der Waals surface area contributed by atoms with Gasteiger partial charge in [-0.3, -0.25) is 14.4 Å². The van der Waals surface area contributed by atoms with Gasteiger partial charge < -0.3 is 24.8 Å². The van der Waals surface area contributed by atoms with Crippen LogP contribution < -0.4 is 10.2 Å². The first-order chi connectivity index (χ1) is 21.7. The van der Waals surface area contributed by atoms with Gasteiger partial charge in [-0.1, -0.05) is 61.5 Å². The number of aromatic nitrogens is 3. The van der Waals surface area contributed by atoms with Crippen LogP contribution in [0.2, 0.25) is 0 Å². The Hall–Kier alpha value is -3.93. The number of ether oxygens (including phenoxy) is 2. The molecular formula is C34H45N5O6. The van der Waals surface area contributed by atoms with Crippen molar-refractivity contribution in [2.45, 2.75) is 78.7 Å². The number of carbonyl (C=O) groups excluding carboxylic acids is 3. The molecule has 3 aromatic rings. The van der Waals surface area contributed by atoms with Gasteiger partial charge in [-0.2, -0.15) is 0 Å². The minimum atomic E-state index is -1.09. The molecule has 2 heterocycles. The van der Waals surface area contributed by atoms with E-state index in [2.05, 4.69) is 29.5 Å². The number of Topliss-reactive ketones (excluding diaryl/α,β-unsaturated/α-hetero) is 1. The molecule has 0 saturated carbocycles. The summed E-state index contributed by atoms with van der Waals surface area (Å²) in [6.45, 7) is 9.20. The van der Waals surface area contributed by atoms with Crippen LogP contribution in [0.5, 0.6) is 0 Å². The summed E-state index contributed by atoms with van der Waals surface area (Å²) < 4.78 is 12.6. The summed E-state index contributed by atoms with van der Waals surface area (Å²) in [6, 6.07) is 15.1. The third-order valence-corrected chi connectivity index (χ3v) is 7.57. The van der Waals surface area contributed by atoms with Crippen LogP contribution in [0.3, 0.4) is 0 Å². The number of amides is 2. The van der Waals surface area contributed by atoms with E-state index in [4.69, 9.17) is 9.47 Å². The van der Waals surface area contributed by atoms with E-state index in [0.29, 0.717) is 61.2 Å². The van der Waals surface area contributed by atoms with Gasteiger partial charge in [0, 0.05) is 43.4 Å². The molecule has 1 aromatic heterocycles. The molecule has 0 radical (unpaired) electrons. The summed E-state index contributed by atoms with van der Waals surface area (Å²) in [5, 5.41) is 22.6. The molecule has 1 aliphatic heterocycles. The first kappa shape index (κ1) is 34.0. The van der Waals surface area contributed by atoms with Crippen LogP contribution in [-0.2, 0) is 30.4 Å². The van der Waals surface area contributed by atoms with Gasteiger partial charge in [-0.05, 0) is 37.8 Å². The molecule has 1 aliphatic rings. The van der Waals surface area contributed by atoms with Gasteiger partial charge in [-0.25, -0.2) is 4.68 Å². The first-order valence-electron chi connectivity index (χ1n) is 15.7. The van der Waals surface area contributed by atoms with Crippen molar-refractivity contribution in [2.24, 2.45) is 5.92 Å². The van der Waals surface area contributed by atoms with E-state index in [1.165, 1.54) is 4.68 Å². The molecule has 2 N–H and O–H groups in total. The number of aliphatic hydroxyl groups is 1. The Labute approximate surface area is 264 Å². The second kappa shape index (κ2) is 16.4. The molecule has 45 heavy (non-hydrogen) atoms. The number of aliphatic hydroxyl groups excluding tert-OH is 1. The Balaban J connectivity index is 1.43. The SMILES string of the molecule is CC(C)CCC(=O)CCOCCNC(=O)CCC(=O)N1Cc2ccccc2-c2nnn(C(O)COC(C)C)c2-c2ccccc21. The van der Waals surface area contributed by atoms with Crippen LogP contribution in [0, 0.1) is 5.92 Å². The van der Waals surface area contributed by atoms with E-state index in [0.717, 1.165) is 17.5 Å². The van der Waals surface area contributed by atoms with Crippen molar-refractivity contribution in [2.75, 3.05) is 31.3 Å². The van der Waals surface area contributed by atoms with Crippen molar-refractivity contribution >= 4 is 23.3 Å². The minimum Gasteiger partial charge on any atom is -0.379 e. The van der Waals surface area contributed by atoms with Gasteiger partial charge in [0.05, 0.1) is 38.2 Å². The number of anilines is 1. The van der Waals surface area contributed by atoms with E-state index in [-0.39, 0.29) is 49.7 Å². The molecule has 0 spiro atoms. The number of benzene rings is 2. The lowest BCUT2D eigenvalue weighted by molar-refractivity contribution is -0.125. The van der Waals surface area contributed by atoms with E-state index < -0.39 is 6.23 Å². The molecule has 4 rings (SSSR count). The van der Waals surface area contributed by atoms with Crippen LogP contribution >= 0.6 is 0 Å². The third kappa shape index (κ3) is 9.29. The summed E-state index contributed by atoms with van der Waals surface area (Å²) in [7, 11) is 0. The Morgan fingerprint density at radius 2 is 1.67 bits per heavy atom. The third-order valence-electron chi connectivity index (χ3n) is 7.57. The zero-order chi connectivity index (χ0) is 32.3. The van der Waals surface area contributed by atoms with Gasteiger partial charge >= 0.3 is 0 Å². The fourth-order valence-electron chi connectivity index (χ4n) is 5.13. The number of para-hydroxylation sites is 1. The molecule has 1 unspecified atom stereocenters. The predicted octanol–water partition coefficient (Wildman–Crippen LogP) is 4.68. The fourth-order valence-corrected chi connectivity index (χ4v) is 5.13. The van der Waals surface area contributed by atoms with Crippen LogP contribution in [-0.4, -0.2) is 70.2 Å². The highest BCUT2D eigenvalue weighted by atomic mass is 16.5. The molecule has 0 bridgehead atoms. The van der Waals surface area contributed by atoms with Crippen LogP contribution in [0.4, 0.5) is 5.69 Å². The molecule has 2 amide bonds. The molecule has 11 heteroatoms. The number of nitrogens with zero attached hydrogens (tertiary/aromatic N) is 4. The average Bonchev–Trinajstić information content (AvgIpc) is 3.46. The lowest BCUT2D eigenvalue weighted by atomic mass is 9.95. The number of fused-ring (bicyclic) bond motifs is 5. The van der Waals surface area contributed by atoms with E-state index >= 15 is 0 Å². The quantitative estimate of drug-likeness (QED) is 0.221. The van der Waals surface area contributed by atoms with E-state index in [1.807, 2.05) is 62.4 Å². The van der Waals surface area contributed by atoms with Crippen molar-refractivity contribution in [3.63, 3.8) is 0 Å². The summed E-state index contributed by atoms with van der Waals surface area (Å²) in [5.74, 6) is 0.219. The van der Waals surface area contributed by atoms with Crippen LogP contribution in [0.1, 0.15) is 71.6 Å². The molecule has 0 fully saturated rings. The van der Waals surface area contributed by atoms with Crippen molar-refractivity contribution < 1.29 is 29.0 Å². The molecule has 0 aliphatic carbocycles. The second-order valence-electron chi connectivity index (χ2n) is 11.9. The number of nitrogens with one attached hydrogen (secondary N) is 1. The summed E-state index contributed by atoms with van der Waals surface area (Å²) >= 11 is 0. The Morgan fingerprint density at radius 3 is 2.42 bits per heavy atom. The first-order valence-corrected chi connectivity index (χ1v) is 15.7. The Kier molecular flexibility index (Phi) is 12.4. The molecule has 2 aromatic carbocycles. The van der Waals surface area contributed by atoms with Crippen LogP contribution in [0.15, 0.2) is 48.5 Å². The van der Waals surface area contributed by atoms with Gasteiger partial charge in [0.25, 0.3) is 0 Å². The number of hydrogen-bond acceptors (Lipinski definition) is 8. The largest absolute Gasteiger partial charge is 0.379 e. The number of ketones is 1. The summed E-state index contributed by atoms with van der Waals surface area (Å²) in [4.78, 5) is 39.9. The smallest absolute Gasteiger partial charge is 0.227 e. The second-order valence-corrected chi connectivity index (χ2v) is 11.9. The van der Waals surface area contributed by atoms with Crippen molar-refractivity contribution in [3.8, 4) is 22.5 Å². The molecule has 1 atom stereocenters. The summed E-state index contributed by atoms with van der Waals surface area (Å²) in [6.07, 6.45) is 0.666. The highest BCUT2D eigenvalue weighted by Crippen LogP contribution is 2.42. The predicted molar refractivity (Wildman–Crippen MR) is 171 cm³/mol. The number of rotatable bonds is 16. The lowest BCUT2D eigenvalue weighted by Crippen LogP contribution is -2.34. The molecule has 242 valence electrons. The normalized spacial score (nSPS) is 13.1. The van der Waals surface area contributed by atoms with Crippen molar-refractivity contribution in [1.82, 2.24) is 20.3 Å². The average molecular weight is 620 g/mol. The standard InChI is InChI=1S/C34H45N5O6/c1-23(2)13-14-26(40)17-19-44-20-18-35-30(41)15-16-31(42)38-21-25-9-5-6-10-27(25)33-34(28-11-7-8-12-29(28)38)39(37-36-33)32(43)22-45-24(3)4/h5-12,23-24,32,43H,13-22H2,1-4H3,(H,35,41). The Morgan fingerprint density at radius 1 is 0.933 bits per heavy atom.